The second-order valence-electron chi connectivity index (χ2n) is 14.1. The number of rotatable bonds is 4. The Bertz CT molecular complexity index is 3170. The van der Waals surface area contributed by atoms with E-state index in [-0.39, 0.29) is 0 Å². The van der Waals surface area contributed by atoms with Gasteiger partial charge in [0.05, 0.1) is 22.6 Å². The van der Waals surface area contributed by atoms with E-state index in [4.69, 9.17) is 9.97 Å². The normalized spacial score (nSPS) is 11.7. The molecule has 0 aliphatic rings. The van der Waals surface area contributed by atoms with Crippen molar-refractivity contribution in [2.75, 3.05) is 0 Å². The van der Waals surface area contributed by atoms with Crippen molar-refractivity contribution in [1.82, 2.24) is 9.97 Å². The number of fused-ring (bicyclic) bond motifs is 10. The summed E-state index contributed by atoms with van der Waals surface area (Å²) in [4.78, 5) is 10.7. The zero-order valence-electron chi connectivity index (χ0n) is 29.4. The maximum Gasteiger partial charge on any atom is 0.0794 e. The molecular formula is C52H32N2. The Balaban J connectivity index is 1.11. The first-order valence-corrected chi connectivity index (χ1v) is 18.5. The van der Waals surface area contributed by atoms with E-state index in [1.807, 2.05) is 0 Å². The first-order chi connectivity index (χ1) is 26.7. The molecule has 0 unspecified atom stereocenters. The Labute approximate surface area is 312 Å². The summed E-state index contributed by atoms with van der Waals surface area (Å²) in [6, 6.07) is 69.8. The van der Waals surface area contributed by atoms with Gasteiger partial charge in [0.25, 0.3) is 0 Å². The van der Waals surface area contributed by atoms with Crippen molar-refractivity contribution < 1.29 is 0 Å². The Kier molecular flexibility index (Phi) is 6.90. The van der Waals surface area contributed by atoms with E-state index in [0.717, 1.165) is 50.4 Å². The summed E-state index contributed by atoms with van der Waals surface area (Å²) in [6.07, 6.45) is 0. The number of nitrogens with zero attached hydrogens (tertiary/aromatic N) is 2. The predicted molar refractivity (Wildman–Crippen MR) is 229 cm³/mol. The molecule has 11 aromatic rings. The van der Waals surface area contributed by atoms with Crippen molar-refractivity contribution in [3.63, 3.8) is 0 Å². The van der Waals surface area contributed by atoms with Gasteiger partial charge < -0.3 is 0 Å². The molecule has 2 aromatic heterocycles. The van der Waals surface area contributed by atoms with Crippen molar-refractivity contribution >= 4 is 64.8 Å². The summed E-state index contributed by atoms with van der Waals surface area (Å²) in [5.41, 5.74) is 9.44. The third-order valence-electron chi connectivity index (χ3n) is 11.0. The minimum absolute atomic E-state index is 0.950. The fraction of sp³-hybridized carbons (Fsp3) is 0. The van der Waals surface area contributed by atoms with Crippen LogP contribution in [-0.4, -0.2) is 9.97 Å². The number of hydrogen-bond donors (Lipinski definition) is 0. The molecule has 0 aliphatic carbocycles. The van der Waals surface area contributed by atoms with Gasteiger partial charge in [0.2, 0.25) is 0 Å². The Hall–Kier alpha value is -7.16. The lowest BCUT2D eigenvalue weighted by molar-refractivity contribution is 1.33. The largest absolute Gasteiger partial charge is 0.248 e. The van der Waals surface area contributed by atoms with Crippen molar-refractivity contribution in [3.05, 3.63) is 194 Å². The number of benzene rings is 9. The van der Waals surface area contributed by atoms with E-state index in [9.17, 15) is 0 Å². The van der Waals surface area contributed by atoms with Gasteiger partial charge >= 0.3 is 0 Å². The lowest BCUT2D eigenvalue weighted by Crippen LogP contribution is -1.94. The molecule has 2 heteroatoms. The van der Waals surface area contributed by atoms with Gasteiger partial charge in [-0.15, -0.1) is 0 Å². The van der Waals surface area contributed by atoms with Crippen LogP contribution in [0.3, 0.4) is 0 Å². The molecular weight excluding hydrogens is 653 g/mol. The van der Waals surface area contributed by atoms with Crippen molar-refractivity contribution in [3.8, 4) is 44.9 Å². The topological polar surface area (TPSA) is 25.8 Å². The first-order valence-electron chi connectivity index (χ1n) is 18.5. The molecule has 2 nitrogen and oxygen atoms in total. The molecule has 0 aliphatic heterocycles. The fourth-order valence-corrected chi connectivity index (χ4v) is 8.35. The molecule has 9 aromatic carbocycles. The average Bonchev–Trinajstić information content (AvgIpc) is 3.25. The van der Waals surface area contributed by atoms with Crippen LogP contribution >= 0.6 is 0 Å². The van der Waals surface area contributed by atoms with Crippen LogP contribution in [0, 0.1) is 0 Å². The van der Waals surface area contributed by atoms with Gasteiger partial charge in [0.15, 0.2) is 0 Å². The lowest BCUT2D eigenvalue weighted by atomic mass is 9.89. The van der Waals surface area contributed by atoms with Gasteiger partial charge in [-0.2, -0.15) is 0 Å². The Morgan fingerprint density at radius 3 is 1.30 bits per heavy atom. The van der Waals surface area contributed by atoms with Gasteiger partial charge in [0.1, 0.15) is 0 Å². The maximum atomic E-state index is 5.38. The number of hydrogen-bond acceptors (Lipinski definition) is 2. The molecule has 0 N–H and O–H groups in total. The second-order valence-corrected chi connectivity index (χ2v) is 14.1. The van der Waals surface area contributed by atoms with Gasteiger partial charge in [-0.25, -0.2) is 9.97 Å². The van der Waals surface area contributed by atoms with Crippen molar-refractivity contribution in [2.24, 2.45) is 0 Å². The van der Waals surface area contributed by atoms with Crippen LogP contribution in [0.25, 0.3) is 110 Å². The minimum Gasteiger partial charge on any atom is -0.248 e. The van der Waals surface area contributed by atoms with Gasteiger partial charge in [-0.3, -0.25) is 0 Å². The van der Waals surface area contributed by atoms with E-state index in [2.05, 4.69) is 194 Å². The Morgan fingerprint density at radius 1 is 0.259 bits per heavy atom. The quantitative estimate of drug-likeness (QED) is 0.172. The standard InChI is InChI=1S/C52H32N2/c1-3-13-37-29-39(27-23-33(37)11-1)48-31-41(32-49(53-48)40-28-24-34-12-2-4-14-38(34)30-40)35-21-25-36(26-22-35)52-51-45-18-8-6-16-43(45)42-15-5-7-17-44(42)50(51)46-19-9-10-20-47(46)54-52/h1-32H. The highest BCUT2D eigenvalue weighted by Gasteiger charge is 2.18. The molecule has 0 saturated carbocycles. The van der Waals surface area contributed by atoms with Gasteiger partial charge in [-0.1, -0.05) is 164 Å². The molecule has 11 rings (SSSR count). The van der Waals surface area contributed by atoms with E-state index in [1.54, 1.807) is 0 Å². The lowest BCUT2D eigenvalue weighted by Gasteiger charge is -2.16. The molecule has 54 heavy (non-hydrogen) atoms. The zero-order chi connectivity index (χ0) is 35.6. The molecule has 0 amide bonds. The molecule has 0 radical (unpaired) electrons. The summed E-state index contributed by atoms with van der Waals surface area (Å²) < 4.78 is 0. The fourth-order valence-electron chi connectivity index (χ4n) is 8.35. The van der Waals surface area contributed by atoms with Crippen LogP contribution in [0.15, 0.2) is 194 Å². The highest BCUT2D eigenvalue weighted by Crippen LogP contribution is 2.43. The SMILES string of the molecule is c1ccc2cc(-c3cc(-c4ccc(-c5nc6ccccc6c6c7ccccc7c7ccccc7c56)cc4)cc(-c4ccc5ccccc5c4)n3)ccc2c1. The maximum absolute atomic E-state index is 5.38. The molecule has 0 fully saturated rings. The van der Waals surface area contributed by atoms with Gasteiger partial charge in [0, 0.05) is 32.8 Å². The molecule has 0 saturated heterocycles. The third kappa shape index (κ3) is 4.96. The molecule has 0 spiro atoms. The van der Waals surface area contributed by atoms with Crippen molar-refractivity contribution in [2.45, 2.75) is 0 Å². The smallest absolute Gasteiger partial charge is 0.0794 e. The summed E-state index contributed by atoms with van der Waals surface area (Å²) in [6.45, 7) is 0. The molecule has 250 valence electrons. The van der Waals surface area contributed by atoms with E-state index >= 15 is 0 Å². The van der Waals surface area contributed by atoms with Crippen LogP contribution in [0.2, 0.25) is 0 Å². The van der Waals surface area contributed by atoms with Crippen LogP contribution in [0.4, 0.5) is 0 Å². The van der Waals surface area contributed by atoms with E-state index in [1.165, 1.54) is 59.2 Å². The van der Waals surface area contributed by atoms with Crippen LogP contribution in [0.5, 0.6) is 0 Å². The molecule has 2 heterocycles. The average molecular weight is 685 g/mol. The molecule has 0 bridgehead atoms. The number of pyridine rings is 2. The third-order valence-corrected chi connectivity index (χ3v) is 11.0. The number of para-hydroxylation sites is 1. The first kappa shape index (κ1) is 30.5. The van der Waals surface area contributed by atoms with Crippen molar-refractivity contribution in [1.29, 1.82) is 0 Å². The summed E-state index contributed by atoms with van der Waals surface area (Å²) in [5, 5.41) is 13.4. The zero-order valence-corrected chi connectivity index (χ0v) is 29.4. The van der Waals surface area contributed by atoms with E-state index in [0.29, 0.717) is 0 Å². The van der Waals surface area contributed by atoms with Crippen LogP contribution < -0.4 is 0 Å². The van der Waals surface area contributed by atoms with E-state index < -0.39 is 0 Å². The summed E-state index contributed by atoms with van der Waals surface area (Å²) in [5.74, 6) is 0. The monoisotopic (exact) mass is 684 g/mol. The number of aromatic nitrogens is 2. The predicted octanol–water partition coefficient (Wildman–Crippen LogP) is 14.1. The van der Waals surface area contributed by atoms with Crippen LogP contribution in [0.1, 0.15) is 0 Å². The minimum atomic E-state index is 0.950. The summed E-state index contributed by atoms with van der Waals surface area (Å²) in [7, 11) is 0. The highest BCUT2D eigenvalue weighted by atomic mass is 14.7. The van der Waals surface area contributed by atoms with Crippen LogP contribution in [-0.2, 0) is 0 Å². The molecule has 0 atom stereocenters. The second kappa shape index (κ2) is 12.2. The summed E-state index contributed by atoms with van der Waals surface area (Å²) >= 11 is 0. The van der Waals surface area contributed by atoms with Gasteiger partial charge in [-0.05, 0) is 84.5 Å². The Morgan fingerprint density at radius 2 is 0.704 bits per heavy atom. The highest BCUT2D eigenvalue weighted by molar-refractivity contribution is 6.33.